The lowest BCUT2D eigenvalue weighted by Gasteiger charge is -2.16. The van der Waals surface area contributed by atoms with Gasteiger partial charge in [0.25, 0.3) is 0 Å². The molecule has 0 unspecified atom stereocenters. The van der Waals surface area contributed by atoms with E-state index in [1.165, 1.54) is 11.9 Å². The van der Waals surface area contributed by atoms with Gasteiger partial charge in [-0.1, -0.05) is 50.1 Å². The first kappa shape index (κ1) is 16.4. The normalized spacial score (nSPS) is 10.6. The molecule has 0 fully saturated rings. The summed E-state index contributed by atoms with van der Waals surface area (Å²) in [5.41, 5.74) is 3.38. The molecule has 0 saturated heterocycles. The minimum atomic E-state index is -0.0702. The highest BCUT2D eigenvalue weighted by Crippen LogP contribution is 2.34. The molecule has 22 heavy (non-hydrogen) atoms. The number of Topliss-reactive ketones (excluding diaryl/α,β-unsaturated/α-hetero) is 1. The number of hydrogen-bond donors (Lipinski definition) is 1. The summed E-state index contributed by atoms with van der Waals surface area (Å²) in [6.07, 6.45) is 1.94. The fraction of sp³-hybridized carbons (Fsp3) is 0.278. The van der Waals surface area contributed by atoms with Gasteiger partial charge in [-0.2, -0.15) is 0 Å². The average molecular weight is 314 g/mol. The van der Waals surface area contributed by atoms with E-state index >= 15 is 0 Å². The summed E-state index contributed by atoms with van der Waals surface area (Å²) >= 11 is 1.46. The molecule has 0 spiro atoms. The summed E-state index contributed by atoms with van der Waals surface area (Å²) in [5, 5.41) is 0. The second-order valence-corrected chi connectivity index (χ2v) is 5.81. The van der Waals surface area contributed by atoms with Crippen molar-refractivity contribution >= 4 is 23.4 Å². The zero-order valence-corrected chi connectivity index (χ0v) is 14.1. The van der Waals surface area contributed by atoms with Gasteiger partial charge in [0.2, 0.25) is 0 Å². The molecule has 4 heteroatoms. The number of nitrogens with one attached hydrogen (secondary N) is 1. The van der Waals surface area contributed by atoms with Crippen molar-refractivity contribution < 1.29 is 9.53 Å². The number of ether oxygens (including phenoxy) is 1. The van der Waals surface area contributed by atoms with Gasteiger partial charge in [-0.25, -0.2) is 0 Å². The highest BCUT2D eigenvalue weighted by molar-refractivity contribution is 7.99. The zero-order chi connectivity index (χ0) is 16.1. The van der Waals surface area contributed by atoms with Crippen LogP contribution >= 0.6 is 11.9 Å². The van der Waals surface area contributed by atoms with E-state index in [2.05, 4.69) is 10.8 Å². The Morgan fingerprint density at radius 2 is 2.09 bits per heavy atom. The van der Waals surface area contributed by atoms with Gasteiger partial charge in [0, 0.05) is 17.7 Å². The first-order valence-electron chi connectivity index (χ1n) is 7.10. The second kappa shape index (κ2) is 7.36. The van der Waals surface area contributed by atoms with E-state index < -0.39 is 0 Å². The molecule has 0 aliphatic carbocycles. The summed E-state index contributed by atoms with van der Waals surface area (Å²) in [4.78, 5) is 12.4. The highest BCUT2D eigenvalue weighted by atomic mass is 32.2. The van der Waals surface area contributed by atoms with E-state index in [0.29, 0.717) is 5.56 Å². The first-order chi connectivity index (χ1) is 10.6. The van der Waals surface area contributed by atoms with E-state index in [0.717, 1.165) is 22.6 Å². The highest BCUT2D eigenvalue weighted by Gasteiger charge is 2.18. The van der Waals surface area contributed by atoms with Gasteiger partial charge in [0.1, 0.15) is 5.75 Å². The van der Waals surface area contributed by atoms with Gasteiger partial charge in [-0.05, 0) is 23.8 Å². The van der Waals surface area contributed by atoms with Crippen molar-refractivity contribution in [3.8, 4) is 16.9 Å². The summed E-state index contributed by atoms with van der Waals surface area (Å²) in [7, 11) is 1.65. The maximum atomic E-state index is 12.4. The van der Waals surface area contributed by atoms with Crippen molar-refractivity contribution in [2.24, 2.45) is 5.92 Å². The monoisotopic (exact) mass is 314 g/mol. The molecule has 2 aromatic rings. The van der Waals surface area contributed by atoms with Crippen LogP contribution in [0.15, 0.2) is 36.4 Å². The van der Waals surface area contributed by atoms with Crippen LogP contribution in [0.3, 0.4) is 0 Å². The number of carbonyl (C=O) groups excluding carboxylic acids is 1. The number of methoxy groups -OCH3 is 1. The lowest BCUT2D eigenvalue weighted by atomic mass is 9.94. The van der Waals surface area contributed by atoms with Gasteiger partial charge in [0.05, 0.1) is 18.4 Å². The third kappa shape index (κ3) is 3.45. The van der Waals surface area contributed by atoms with Gasteiger partial charge in [0.15, 0.2) is 5.78 Å². The van der Waals surface area contributed by atoms with Crippen LogP contribution in [0.4, 0.5) is 5.69 Å². The molecule has 3 nitrogen and oxygen atoms in total. The third-order valence-electron chi connectivity index (χ3n) is 3.35. The van der Waals surface area contributed by atoms with Crippen molar-refractivity contribution in [1.29, 1.82) is 0 Å². The number of benzene rings is 2. The fourth-order valence-corrected chi connectivity index (χ4v) is 2.64. The van der Waals surface area contributed by atoms with Gasteiger partial charge < -0.3 is 9.46 Å². The second-order valence-electron chi connectivity index (χ2n) is 5.20. The Balaban J connectivity index is 2.59. The van der Waals surface area contributed by atoms with Crippen LogP contribution in [0.5, 0.6) is 5.75 Å². The number of anilines is 1. The summed E-state index contributed by atoms with van der Waals surface area (Å²) < 4.78 is 8.53. The number of carbonyl (C=O) groups is 1. The molecule has 115 valence electrons. The van der Waals surface area contributed by atoms with Crippen LogP contribution in [0.2, 0.25) is 0 Å². The predicted octanol–water partition coefficient (Wildman–Crippen LogP) is 4.69. The number of hydrogen-bond acceptors (Lipinski definition) is 4. The Labute approximate surface area is 136 Å². The maximum Gasteiger partial charge on any atom is 0.168 e. The molecule has 0 aliphatic rings. The lowest BCUT2D eigenvalue weighted by molar-refractivity contribution is 0.0940. The Hall–Kier alpha value is -1.94. The van der Waals surface area contributed by atoms with Crippen LogP contribution in [-0.2, 0) is 0 Å². The molecule has 1 radical (unpaired) electrons. The van der Waals surface area contributed by atoms with Crippen LogP contribution in [0.25, 0.3) is 11.1 Å². The predicted molar refractivity (Wildman–Crippen MR) is 93.6 cm³/mol. The number of rotatable bonds is 6. The van der Waals surface area contributed by atoms with Crippen molar-refractivity contribution in [1.82, 2.24) is 0 Å². The van der Waals surface area contributed by atoms with E-state index in [-0.39, 0.29) is 11.7 Å². The van der Waals surface area contributed by atoms with Crippen molar-refractivity contribution in [2.75, 3.05) is 18.1 Å². The molecule has 1 N–H and O–H groups in total. The lowest BCUT2D eigenvalue weighted by Crippen LogP contribution is -2.10. The SMILES string of the molecule is COc1cccc(-c2cc[c]c(C(=O)C(C)C)c2NSC)c1. The van der Waals surface area contributed by atoms with Gasteiger partial charge >= 0.3 is 0 Å². The molecule has 0 aliphatic heterocycles. The quantitative estimate of drug-likeness (QED) is 0.620. The topological polar surface area (TPSA) is 38.3 Å². The van der Waals surface area contributed by atoms with Crippen LogP contribution in [0.1, 0.15) is 24.2 Å². The van der Waals surface area contributed by atoms with Crippen molar-refractivity contribution in [2.45, 2.75) is 13.8 Å². The summed E-state index contributed by atoms with van der Waals surface area (Å²) in [6.45, 7) is 3.80. The van der Waals surface area contributed by atoms with E-state index in [9.17, 15) is 4.79 Å². The molecule has 0 atom stereocenters. The zero-order valence-electron chi connectivity index (χ0n) is 13.3. The van der Waals surface area contributed by atoms with Gasteiger partial charge in [-0.15, -0.1) is 0 Å². The molecular weight excluding hydrogens is 294 g/mol. The molecule has 0 heterocycles. The molecule has 2 aromatic carbocycles. The molecule has 2 rings (SSSR count). The smallest absolute Gasteiger partial charge is 0.168 e. The van der Waals surface area contributed by atoms with E-state index in [1.54, 1.807) is 13.2 Å². The summed E-state index contributed by atoms with van der Waals surface area (Å²) in [5.74, 6) is 0.803. The molecule has 0 amide bonds. The minimum Gasteiger partial charge on any atom is -0.497 e. The fourth-order valence-electron chi connectivity index (χ4n) is 2.22. The van der Waals surface area contributed by atoms with E-state index in [1.807, 2.05) is 50.4 Å². The Morgan fingerprint density at radius 1 is 1.32 bits per heavy atom. The number of ketones is 1. The van der Waals surface area contributed by atoms with Crippen LogP contribution < -0.4 is 9.46 Å². The van der Waals surface area contributed by atoms with Crippen molar-refractivity contribution in [3.63, 3.8) is 0 Å². The average Bonchev–Trinajstić information content (AvgIpc) is 2.54. The van der Waals surface area contributed by atoms with Crippen LogP contribution in [0, 0.1) is 12.0 Å². The molecule has 0 bridgehead atoms. The Morgan fingerprint density at radius 3 is 2.73 bits per heavy atom. The molecule has 0 saturated carbocycles. The third-order valence-corrected chi connectivity index (χ3v) is 3.76. The van der Waals surface area contributed by atoms with Crippen molar-refractivity contribution in [3.05, 3.63) is 48.0 Å². The molecular formula is C18H20NO2S. The maximum absolute atomic E-state index is 12.4. The minimum absolute atomic E-state index is 0.0702. The van der Waals surface area contributed by atoms with Gasteiger partial charge in [-0.3, -0.25) is 4.79 Å². The van der Waals surface area contributed by atoms with E-state index in [4.69, 9.17) is 4.74 Å². The Kier molecular flexibility index (Phi) is 5.50. The first-order valence-corrected chi connectivity index (χ1v) is 8.33. The Bertz CT molecular complexity index is 668. The van der Waals surface area contributed by atoms with Crippen LogP contribution in [-0.4, -0.2) is 19.1 Å². The molecule has 0 aromatic heterocycles. The standard InChI is InChI=1S/C18H20NO2S/c1-12(2)18(20)16-10-6-9-15(17(16)19-22-4)13-7-5-8-14(11-13)21-3/h5-9,11-12,19H,1-4H3. The summed E-state index contributed by atoms with van der Waals surface area (Å²) in [6, 6.07) is 14.7. The largest absolute Gasteiger partial charge is 0.497 e.